The largest absolute Gasteiger partial charge is 0.487 e. The molecule has 1 unspecified atom stereocenters. The summed E-state index contributed by atoms with van der Waals surface area (Å²) in [4.78, 5) is 12.3. The molecule has 5 rings (SSSR count). The fraction of sp³-hybridized carbons (Fsp3) is 0.391. The van der Waals surface area contributed by atoms with Crippen LogP contribution in [0.25, 0.3) is 0 Å². The van der Waals surface area contributed by atoms with Gasteiger partial charge in [-0.05, 0) is 67.3 Å². The van der Waals surface area contributed by atoms with Crippen LogP contribution in [0.4, 0.5) is 5.69 Å². The van der Waals surface area contributed by atoms with E-state index in [1.807, 2.05) is 6.07 Å². The quantitative estimate of drug-likeness (QED) is 0.534. The standard InChI is InChI=1S/C23H21ClN2O4S/c24-17-9-19(30-21-5-6-23(21)11-29-12-23)18(7-15(17)10-25)26-31-20-8-14(22(27)28)3-4-16(20)13-1-2-13/h3-4,7-9,13,21,26H,1-2,5-6,11-12H2,(H,27,28). The Morgan fingerprint density at radius 1 is 1.29 bits per heavy atom. The Morgan fingerprint density at radius 3 is 2.68 bits per heavy atom. The number of aromatic carboxylic acids is 1. The molecule has 3 fully saturated rings. The van der Waals surface area contributed by atoms with E-state index in [4.69, 9.17) is 21.1 Å². The van der Waals surface area contributed by atoms with E-state index in [9.17, 15) is 15.2 Å². The molecule has 1 saturated heterocycles. The number of benzene rings is 2. The molecule has 31 heavy (non-hydrogen) atoms. The first-order chi connectivity index (χ1) is 15.0. The maximum Gasteiger partial charge on any atom is 0.335 e. The molecule has 2 N–H and O–H groups in total. The molecule has 1 heterocycles. The van der Waals surface area contributed by atoms with Crippen LogP contribution in [-0.2, 0) is 4.74 Å². The molecule has 1 spiro atoms. The number of carbonyl (C=O) groups is 1. The minimum absolute atomic E-state index is 0.0631. The number of ether oxygens (including phenoxy) is 2. The summed E-state index contributed by atoms with van der Waals surface area (Å²) in [5, 5.41) is 19.1. The lowest BCUT2D eigenvalue weighted by Crippen LogP contribution is -2.60. The van der Waals surface area contributed by atoms with Crippen LogP contribution in [0.5, 0.6) is 5.75 Å². The zero-order valence-electron chi connectivity index (χ0n) is 16.7. The zero-order valence-corrected chi connectivity index (χ0v) is 18.3. The molecule has 160 valence electrons. The van der Waals surface area contributed by atoms with Gasteiger partial charge in [-0.2, -0.15) is 5.26 Å². The SMILES string of the molecule is N#Cc1cc(NSc2cc(C(=O)O)ccc2C2CC2)c(OC2CCC23COC3)cc1Cl. The molecule has 8 heteroatoms. The summed E-state index contributed by atoms with van der Waals surface area (Å²) in [6.45, 7) is 1.43. The van der Waals surface area contributed by atoms with Crippen molar-refractivity contribution < 1.29 is 19.4 Å². The molecule has 1 atom stereocenters. The van der Waals surface area contributed by atoms with Crippen LogP contribution in [-0.4, -0.2) is 30.4 Å². The average Bonchev–Trinajstić information content (AvgIpc) is 3.54. The minimum atomic E-state index is -0.954. The number of carboxylic acids is 1. The zero-order chi connectivity index (χ0) is 21.6. The summed E-state index contributed by atoms with van der Waals surface area (Å²) < 4.78 is 15.0. The Balaban J connectivity index is 1.41. The maximum atomic E-state index is 11.4. The van der Waals surface area contributed by atoms with E-state index in [0.29, 0.717) is 41.2 Å². The number of halogens is 1. The lowest BCUT2D eigenvalue weighted by atomic mass is 9.64. The van der Waals surface area contributed by atoms with Crippen LogP contribution in [0.2, 0.25) is 5.02 Å². The van der Waals surface area contributed by atoms with Gasteiger partial charge in [-0.3, -0.25) is 0 Å². The molecule has 0 aromatic heterocycles. The fourth-order valence-electron chi connectivity index (χ4n) is 4.12. The first-order valence-electron chi connectivity index (χ1n) is 10.3. The third kappa shape index (κ3) is 3.84. The highest BCUT2D eigenvalue weighted by atomic mass is 35.5. The molecule has 0 bridgehead atoms. The Morgan fingerprint density at radius 2 is 2.10 bits per heavy atom. The highest BCUT2D eigenvalue weighted by molar-refractivity contribution is 8.00. The highest BCUT2D eigenvalue weighted by Gasteiger charge is 2.54. The van der Waals surface area contributed by atoms with Crippen molar-refractivity contribution in [3.05, 3.63) is 52.0 Å². The Hall–Kier alpha value is -2.40. The number of nitriles is 1. The van der Waals surface area contributed by atoms with Crippen LogP contribution in [0.3, 0.4) is 0 Å². The van der Waals surface area contributed by atoms with Gasteiger partial charge < -0.3 is 19.3 Å². The third-order valence-corrected chi connectivity index (χ3v) is 7.58. The van der Waals surface area contributed by atoms with Gasteiger partial charge in [-0.15, -0.1) is 0 Å². The highest BCUT2D eigenvalue weighted by Crippen LogP contribution is 2.50. The van der Waals surface area contributed by atoms with E-state index in [-0.39, 0.29) is 17.1 Å². The molecular weight excluding hydrogens is 436 g/mol. The summed E-state index contributed by atoms with van der Waals surface area (Å²) in [6, 6.07) is 10.7. The summed E-state index contributed by atoms with van der Waals surface area (Å²) in [5.41, 5.74) is 2.49. The second-order valence-corrected chi connectivity index (χ2v) is 9.73. The van der Waals surface area contributed by atoms with Crippen LogP contribution >= 0.6 is 23.5 Å². The van der Waals surface area contributed by atoms with Gasteiger partial charge in [0.05, 0.1) is 40.5 Å². The van der Waals surface area contributed by atoms with E-state index in [0.717, 1.165) is 36.1 Å². The predicted molar refractivity (Wildman–Crippen MR) is 118 cm³/mol. The molecule has 6 nitrogen and oxygen atoms in total. The smallest absolute Gasteiger partial charge is 0.335 e. The van der Waals surface area contributed by atoms with Crippen LogP contribution in [0, 0.1) is 16.7 Å². The monoisotopic (exact) mass is 456 g/mol. The molecule has 3 aliphatic rings. The van der Waals surface area contributed by atoms with Gasteiger partial charge in [-0.1, -0.05) is 17.7 Å². The van der Waals surface area contributed by atoms with Crippen molar-refractivity contribution >= 4 is 35.2 Å². The first-order valence-corrected chi connectivity index (χ1v) is 11.5. The first kappa shape index (κ1) is 20.5. The number of nitrogens with one attached hydrogen (secondary N) is 1. The van der Waals surface area contributed by atoms with Crippen molar-refractivity contribution in [2.24, 2.45) is 5.41 Å². The topological polar surface area (TPSA) is 91.6 Å². The number of carboxylic acid groups (broad SMARTS) is 1. The van der Waals surface area contributed by atoms with Crippen molar-refractivity contribution in [1.29, 1.82) is 5.26 Å². The van der Waals surface area contributed by atoms with Gasteiger partial charge in [-0.25, -0.2) is 4.79 Å². The van der Waals surface area contributed by atoms with Gasteiger partial charge in [0.1, 0.15) is 17.9 Å². The third-order valence-electron chi connectivity index (χ3n) is 6.37. The van der Waals surface area contributed by atoms with E-state index >= 15 is 0 Å². The lowest BCUT2D eigenvalue weighted by molar-refractivity contribution is -0.213. The van der Waals surface area contributed by atoms with Crippen molar-refractivity contribution in [3.63, 3.8) is 0 Å². The second kappa shape index (κ2) is 7.94. The number of hydrogen-bond acceptors (Lipinski definition) is 6. The molecule has 2 aromatic carbocycles. The van der Waals surface area contributed by atoms with Gasteiger partial charge >= 0.3 is 5.97 Å². The minimum Gasteiger partial charge on any atom is -0.487 e. The van der Waals surface area contributed by atoms with E-state index < -0.39 is 5.97 Å². The van der Waals surface area contributed by atoms with Crippen molar-refractivity contribution in [2.45, 2.75) is 42.6 Å². The Labute approximate surface area is 189 Å². The normalized spacial score (nSPS) is 21.0. The Bertz CT molecular complexity index is 1090. The number of rotatable bonds is 7. The summed E-state index contributed by atoms with van der Waals surface area (Å²) in [5.74, 6) is 0.107. The fourth-order valence-corrected chi connectivity index (χ4v) is 5.23. The molecule has 0 radical (unpaired) electrons. The molecule has 0 amide bonds. The van der Waals surface area contributed by atoms with E-state index in [1.54, 1.807) is 24.3 Å². The Kier molecular flexibility index (Phi) is 5.25. The van der Waals surface area contributed by atoms with Gasteiger partial charge in [0.15, 0.2) is 0 Å². The van der Waals surface area contributed by atoms with Gasteiger partial charge in [0, 0.05) is 11.0 Å². The number of nitrogens with zero attached hydrogens (tertiary/aromatic N) is 1. The lowest BCUT2D eigenvalue weighted by Gasteiger charge is -2.54. The summed E-state index contributed by atoms with van der Waals surface area (Å²) in [7, 11) is 0. The molecular formula is C23H21ClN2O4S. The predicted octanol–water partition coefficient (Wildman–Crippen LogP) is 5.46. The van der Waals surface area contributed by atoms with Crippen molar-refractivity contribution in [3.8, 4) is 11.8 Å². The summed E-state index contributed by atoms with van der Waals surface area (Å²) >= 11 is 7.63. The van der Waals surface area contributed by atoms with E-state index in [1.165, 1.54) is 11.9 Å². The molecule has 2 saturated carbocycles. The van der Waals surface area contributed by atoms with Crippen LogP contribution in [0.15, 0.2) is 35.2 Å². The molecule has 2 aliphatic carbocycles. The van der Waals surface area contributed by atoms with E-state index in [2.05, 4.69) is 10.8 Å². The second-order valence-electron chi connectivity index (χ2n) is 8.48. The van der Waals surface area contributed by atoms with Crippen molar-refractivity contribution in [2.75, 3.05) is 17.9 Å². The van der Waals surface area contributed by atoms with Gasteiger partial charge in [0.2, 0.25) is 0 Å². The van der Waals surface area contributed by atoms with Crippen LogP contribution < -0.4 is 9.46 Å². The van der Waals surface area contributed by atoms with Gasteiger partial charge in [0.25, 0.3) is 0 Å². The number of hydrogen-bond donors (Lipinski definition) is 2. The van der Waals surface area contributed by atoms with Crippen LogP contribution in [0.1, 0.15) is 53.1 Å². The van der Waals surface area contributed by atoms with Crippen molar-refractivity contribution in [1.82, 2.24) is 0 Å². The molecule has 2 aromatic rings. The maximum absolute atomic E-state index is 11.4. The average molecular weight is 457 g/mol. The summed E-state index contributed by atoms with van der Waals surface area (Å²) in [6.07, 6.45) is 4.33. The number of anilines is 1. The molecule has 1 aliphatic heterocycles.